The Hall–Kier alpha value is -1.89. The largest absolute Gasteiger partial charge is 3.00 e. The molecule has 0 heterocycles. The van der Waals surface area contributed by atoms with Gasteiger partial charge in [-0.1, -0.05) is 0 Å². The van der Waals surface area contributed by atoms with E-state index >= 15 is 0 Å². The summed E-state index contributed by atoms with van der Waals surface area (Å²) in [7, 11) is 0. The summed E-state index contributed by atoms with van der Waals surface area (Å²) in [4.78, 5) is 24.7. The summed E-state index contributed by atoms with van der Waals surface area (Å²) < 4.78 is 0. The third-order valence-electron chi connectivity index (χ3n) is 0. The van der Waals surface area contributed by atoms with Crippen molar-refractivity contribution in [2.24, 2.45) is 0 Å². The van der Waals surface area contributed by atoms with Crippen LogP contribution in [0, 0.1) is 30.6 Å². The first-order valence-electron chi connectivity index (χ1n) is 1.52. The van der Waals surface area contributed by atoms with E-state index in [2.05, 4.69) is 0 Å². The first-order chi connectivity index (χ1) is 4.88. The van der Waals surface area contributed by atoms with Crippen molar-refractivity contribution in [3.8, 4) is 0 Å². The van der Waals surface area contributed by atoms with Crippen molar-refractivity contribution < 1.29 is 32.3 Å². The molecule has 10 N–H and O–H groups in total. The standard InChI is InChI=1S/CNO.Cr.2NO3.5H2N/c2-1-3;;2*2-1(3)4;;;;;/h;;;;5*1H2/q-1;+3;7*-1. The first-order valence-corrected chi connectivity index (χ1v) is 1.52. The van der Waals surface area contributed by atoms with Gasteiger partial charge in [-0.2, -0.15) is 0 Å². The molecule has 107 valence electrons. The third-order valence-corrected chi connectivity index (χ3v) is 0. The molecule has 0 saturated heterocycles. The van der Waals surface area contributed by atoms with E-state index in [0.717, 1.165) is 0 Å². The quantitative estimate of drug-likeness (QED) is 0.277. The van der Waals surface area contributed by atoms with Gasteiger partial charge in [0.25, 0.3) is 0 Å². The molecular weight excluding hydrogens is 288 g/mol. The van der Waals surface area contributed by atoms with Crippen LogP contribution in [0.15, 0.2) is 0 Å². The first kappa shape index (κ1) is 80.6. The molecule has 0 saturated carbocycles. The van der Waals surface area contributed by atoms with E-state index in [1.165, 1.54) is 0 Å². The van der Waals surface area contributed by atoms with Crippen molar-refractivity contribution in [1.82, 2.24) is 0 Å². The molecule has 0 bridgehead atoms. The summed E-state index contributed by atoms with van der Waals surface area (Å²) in [6.07, 6.45) is 0.500. The molecule has 0 rings (SSSR count). The van der Waals surface area contributed by atoms with Gasteiger partial charge in [-0.05, 0) is 6.08 Å². The minimum Gasteiger partial charge on any atom is -0.724 e. The third kappa shape index (κ3) is 581. The van der Waals surface area contributed by atoms with Crippen molar-refractivity contribution in [3.05, 3.63) is 66.8 Å². The van der Waals surface area contributed by atoms with Crippen LogP contribution in [0.1, 0.15) is 0 Å². The van der Waals surface area contributed by atoms with Gasteiger partial charge in [-0.25, -0.2) is 0 Å². The van der Waals surface area contributed by atoms with Gasteiger partial charge in [-0.15, -0.1) is 0 Å². The predicted octanol–water partition coefficient (Wildman–Crippen LogP) is 3.00. The Morgan fingerprint density at radius 2 is 0.765 bits per heavy atom. The molecule has 1 radical (unpaired) electrons. The van der Waals surface area contributed by atoms with Crippen molar-refractivity contribution in [2.75, 3.05) is 0 Å². The number of isocyanates is 1. The maximum Gasteiger partial charge on any atom is 3.00 e. The SMILES string of the molecule is O=[N+]([O-])[O-].O=[N+]([O-])[O-].[Cr+3].[N-]=C=O.[NH2-].[NH2-].[NH2-].[NH2-].[NH2-]. The van der Waals surface area contributed by atoms with Crippen molar-refractivity contribution in [3.63, 3.8) is 0 Å². The van der Waals surface area contributed by atoms with Crippen LogP contribution in [0.25, 0.3) is 36.2 Å². The zero-order chi connectivity index (χ0) is 9.86. The van der Waals surface area contributed by atoms with Gasteiger partial charge in [0.2, 0.25) is 0 Å². The van der Waals surface area contributed by atoms with E-state index in [4.69, 9.17) is 40.8 Å². The second kappa shape index (κ2) is 92.8. The number of hydrogen-bond donors (Lipinski definition) is 0. The molecule has 0 amide bonds. The Bertz CT molecular complexity index is 138. The Morgan fingerprint density at radius 3 is 0.765 bits per heavy atom. The predicted molar refractivity (Wildman–Crippen MR) is 56.2 cm³/mol. The van der Waals surface area contributed by atoms with Crippen LogP contribution in [0.5, 0.6) is 0 Å². The van der Waals surface area contributed by atoms with E-state index < -0.39 is 10.2 Å². The zero-order valence-electron chi connectivity index (χ0n) is 7.99. The molecule has 0 aromatic heterocycles. The summed E-state index contributed by atoms with van der Waals surface area (Å²) in [6.45, 7) is 0. The fourth-order valence-corrected chi connectivity index (χ4v) is 0. The van der Waals surface area contributed by atoms with E-state index in [9.17, 15) is 0 Å². The van der Waals surface area contributed by atoms with Crippen molar-refractivity contribution >= 4 is 6.08 Å². The van der Waals surface area contributed by atoms with E-state index in [1.54, 1.807) is 0 Å². The molecule has 16 heteroatoms. The fourth-order valence-electron chi connectivity index (χ4n) is 0. The van der Waals surface area contributed by atoms with Gasteiger partial charge in [0.15, 0.2) is 0 Å². The Morgan fingerprint density at radius 1 is 0.765 bits per heavy atom. The normalized spacial score (nSPS) is 3.29. The topological polar surface area (TPSA) is 339 Å². The average molecular weight is 298 g/mol. The van der Waals surface area contributed by atoms with Gasteiger partial charge in [0, 0.05) is 0 Å². The van der Waals surface area contributed by atoms with Crippen molar-refractivity contribution in [1.29, 1.82) is 0 Å². The molecule has 0 unspecified atom stereocenters. The second-order valence-electron chi connectivity index (χ2n) is 0.539. The maximum absolute atomic E-state index is 8.25. The zero-order valence-corrected chi connectivity index (χ0v) is 9.27. The van der Waals surface area contributed by atoms with Gasteiger partial charge in [0.1, 0.15) is 0 Å². The molecule has 0 spiro atoms. The Balaban J connectivity index is -0.00000000691. The molecular formula is CH10CrN8O7-5. The smallest absolute Gasteiger partial charge is 0.724 e. The minimum absolute atomic E-state index is 0. The van der Waals surface area contributed by atoms with Gasteiger partial charge >= 0.3 is 17.4 Å². The molecule has 0 aromatic rings. The summed E-state index contributed by atoms with van der Waals surface area (Å²) in [5.41, 5.74) is 0. The number of hydrogen-bond acceptors (Lipinski definition) is 7. The maximum atomic E-state index is 8.25. The average Bonchev–Trinajstić information content (AvgIpc) is 1.60. The molecule has 0 aromatic carbocycles. The summed E-state index contributed by atoms with van der Waals surface area (Å²) >= 11 is 0. The van der Waals surface area contributed by atoms with Gasteiger partial charge in [-0.3, -0.25) is 4.79 Å². The Kier molecular flexibility index (Phi) is 440. The number of nitrogens with two attached hydrogens (primary N) is 5. The number of carbonyl (C=O) groups excluding carboxylic acids is 1. The molecule has 17 heavy (non-hydrogen) atoms. The fraction of sp³-hybridized carbons (Fsp3) is 0. The van der Waals surface area contributed by atoms with Crippen LogP contribution < -0.4 is 0 Å². The molecule has 15 nitrogen and oxygen atoms in total. The van der Waals surface area contributed by atoms with Crippen LogP contribution in [0.4, 0.5) is 0 Å². The molecule has 0 aliphatic heterocycles. The van der Waals surface area contributed by atoms with Crippen LogP contribution in [0.3, 0.4) is 0 Å². The number of rotatable bonds is 0. The monoisotopic (exact) mass is 298 g/mol. The van der Waals surface area contributed by atoms with Crippen molar-refractivity contribution in [2.45, 2.75) is 0 Å². The van der Waals surface area contributed by atoms with E-state index in [0.29, 0.717) is 6.08 Å². The van der Waals surface area contributed by atoms with Gasteiger partial charge in [0.05, 0.1) is 10.2 Å². The van der Waals surface area contributed by atoms with Crippen LogP contribution in [-0.2, 0) is 22.2 Å². The van der Waals surface area contributed by atoms with Crippen LogP contribution in [-0.4, -0.2) is 16.3 Å². The Labute approximate surface area is 106 Å². The number of nitrogens with zero attached hydrogens (tertiary/aromatic N) is 3. The minimum atomic E-state index is -1.75. The molecule has 0 atom stereocenters. The molecule has 0 aliphatic rings. The van der Waals surface area contributed by atoms with Crippen LogP contribution >= 0.6 is 0 Å². The second-order valence-corrected chi connectivity index (χ2v) is 0.539. The van der Waals surface area contributed by atoms with E-state index in [1.807, 2.05) is 0 Å². The molecule has 0 fully saturated rings. The summed E-state index contributed by atoms with van der Waals surface area (Å²) in [5, 5.41) is 36.3. The van der Waals surface area contributed by atoms with Gasteiger partial charge < -0.3 is 66.8 Å². The van der Waals surface area contributed by atoms with Crippen LogP contribution in [0.2, 0.25) is 0 Å². The van der Waals surface area contributed by atoms with E-state index in [-0.39, 0.29) is 48.1 Å². The summed E-state index contributed by atoms with van der Waals surface area (Å²) in [6, 6.07) is 0. The summed E-state index contributed by atoms with van der Waals surface area (Å²) in [5.74, 6) is 0. The molecule has 0 aliphatic carbocycles.